The van der Waals surface area contributed by atoms with Crippen LogP contribution in [0.5, 0.6) is 0 Å². The molecule has 64 valence electrons. The molecule has 2 heteroatoms. The Morgan fingerprint density at radius 3 is 2.67 bits per heavy atom. The van der Waals surface area contributed by atoms with Crippen LogP contribution in [-0.4, -0.2) is 10.8 Å². The number of carbonyl (C=O) groups is 1. The molecule has 12 heavy (non-hydrogen) atoms. The third-order valence-electron chi connectivity index (χ3n) is 1.77. The van der Waals surface area contributed by atoms with Gasteiger partial charge in [0.25, 0.3) is 0 Å². The molecule has 0 N–H and O–H groups in total. The zero-order valence-corrected chi connectivity index (χ0v) is 7.66. The second-order valence-electron chi connectivity index (χ2n) is 3.19. The van der Waals surface area contributed by atoms with Crippen molar-refractivity contribution in [1.82, 2.24) is 4.98 Å². The van der Waals surface area contributed by atoms with Crippen LogP contribution in [0.2, 0.25) is 0 Å². The second-order valence-corrected chi connectivity index (χ2v) is 3.19. The van der Waals surface area contributed by atoms with E-state index in [1.54, 1.807) is 6.20 Å². The van der Waals surface area contributed by atoms with Crippen LogP contribution in [0.4, 0.5) is 0 Å². The van der Waals surface area contributed by atoms with E-state index in [0.717, 1.165) is 5.56 Å². The van der Waals surface area contributed by atoms with E-state index >= 15 is 0 Å². The fourth-order valence-electron chi connectivity index (χ4n) is 1.02. The highest BCUT2D eigenvalue weighted by molar-refractivity contribution is 5.96. The van der Waals surface area contributed by atoms with Crippen LogP contribution in [0, 0.1) is 12.8 Å². The van der Waals surface area contributed by atoms with Crippen molar-refractivity contribution in [2.75, 3.05) is 0 Å². The lowest BCUT2D eigenvalue weighted by Gasteiger charge is -2.04. The molecule has 1 rings (SSSR count). The lowest BCUT2D eigenvalue weighted by Crippen LogP contribution is -2.10. The summed E-state index contributed by atoms with van der Waals surface area (Å²) < 4.78 is 0. The molecule has 0 saturated carbocycles. The van der Waals surface area contributed by atoms with Crippen LogP contribution in [-0.2, 0) is 0 Å². The normalized spacial score (nSPS) is 10.3. The monoisotopic (exact) mass is 163 g/mol. The SMILES string of the molecule is Cc1cccnc1C(=O)C(C)C. The van der Waals surface area contributed by atoms with E-state index in [4.69, 9.17) is 0 Å². The molecular weight excluding hydrogens is 150 g/mol. The summed E-state index contributed by atoms with van der Waals surface area (Å²) >= 11 is 0. The molecule has 0 fully saturated rings. The van der Waals surface area contributed by atoms with Crippen molar-refractivity contribution in [1.29, 1.82) is 0 Å². The fourth-order valence-corrected chi connectivity index (χ4v) is 1.02. The Hall–Kier alpha value is -1.18. The number of pyridine rings is 1. The predicted molar refractivity (Wildman–Crippen MR) is 48.1 cm³/mol. The smallest absolute Gasteiger partial charge is 0.183 e. The second kappa shape index (κ2) is 3.48. The number of aromatic nitrogens is 1. The van der Waals surface area contributed by atoms with E-state index < -0.39 is 0 Å². The topological polar surface area (TPSA) is 30.0 Å². The Labute approximate surface area is 72.6 Å². The van der Waals surface area contributed by atoms with Gasteiger partial charge in [-0.15, -0.1) is 0 Å². The van der Waals surface area contributed by atoms with Crippen LogP contribution >= 0.6 is 0 Å². The van der Waals surface area contributed by atoms with Crippen molar-refractivity contribution in [3.8, 4) is 0 Å². The maximum Gasteiger partial charge on any atom is 0.183 e. The summed E-state index contributed by atoms with van der Waals surface area (Å²) in [6.07, 6.45) is 1.66. The van der Waals surface area contributed by atoms with Crippen LogP contribution in [0.15, 0.2) is 18.3 Å². The molecule has 0 radical (unpaired) electrons. The van der Waals surface area contributed by atoms with E-state index in [2.05, 4.69) is 4.98 Å². The Morgan fingerprint density at radius 1 is 1.50 bits per heavy atom. The van der Waals surface area contributed by atoms with E-state index in [1.807, 2.05) is 32.9 Å². The molecule has 0 aliphatic rings. The number of rotatable bonds is 2. The molecule has 0 aromatic carbocycles. The summed E-state index contributed by atoms with van der Waals surface area (Å²) in [6.45, 7) is 5.68. The first kappa shape index (κ1) is 8.91. The summed E-state index contributed by atoms with van der Waals surface area (Å²) in [5.41, 5.74) is 1.56. The highest BCUT2D eigenvalue weighted by atomic mass is 16.1. The average Bonchev–Trinajstić information content (AvgIpc) is 2.04. The summed E-state index contributed by atoms with van der Waals surface area (Å²) in [5, 5.41) is 0. The van der Waals surface area contributed by atoms with Gasteiger partial charge in [0.2, 0.25) is 0 Å². The van der Waals surface area contributed by atoms with Gasteiger partial charge in [-0.1, -0.05) is 19.9 Å². The first-order valence-corrected chi connectivity index (χ1v) is 4.08. The molecule has 1 heterocycles. The third-order valence-corrected chi connectivity index (χ3v) is 1.77. The summed E-state index contributed by atoms with van der Waals surface area (Å²) in [7, 11) is 0. The maximum atomic E-state index is 11.5. The highest BCUT2D eigenvalue weighted by Gasteiger charge is 2.13. The van der Waals surface area contributed by atoms with Crippen molar-refractivity contribution in [3.63, 3.8) is 0 Å². The van der Waals surface area contributed by atoms with Gasteiger partial charge in [0.1, 0.15) is 5.69 Å². The van der Waals surface area contributed by atoms with Crippen molar-refractivity contribution in [2.45, 2.75) is 20.8 Å². The van der Waals surface area contributed by atoms with E-state index in [0.29, 0.717) is 5.69 Å². The first-order chi connectivity index (χ1) is 5.63. The highest BCUT2D eigenvalue weighted by Crippen LogP contribution is 2.09. The van der Waals surface area contributed by atoms with Gasteiger partial charge in [-0.2, -0.15) is 0 Å². The quantitative estimate of drug-likeness (QED) is 0.626. The summed E-state index contributed by atoms with van der Waals surface area (Å²) in [6, 6.07) is 3.75. The lowest BCUT2D eigenvalue weighted by atomic mass is 10.0. The van der Waals surface area contributed by atoms with Crippen LogP contribution in [0.25, 0.3) is 0 Å². The van der Waals surface area contributed by atoms with Gasteiger partial charge in [-0.25, -0.2) is 0 Å². The first-order valence-electron chi connectivity index (χ1n) is 4.08. The van der Waals surface area contributed by atoms with Crippen LogP contribution < -0.4 is 0 Å². The minimum absolute atomic E-state index is 0.0265. The standard InChI is InChI=1S/C10H13NO/c1-7(2)10(12)9-8(3)5-4-6-11-9/h4-7H,1-3H3. The molecule has 1 aromatic heterocycles. The predicted octanol–water partition coefficient (Wildman–Crippen LogP) is 2.23. The van der Waals surface area contributed by atoms with E-state index in [1.165, 1.54) is 0 Å². The molecule has 0 aliphatic carbocycles. The van der Waals surface area contributed by atoms with Gasteiger partial charge < -0.3 is 0 Å². The van der Waals surface area contributed by atoms with Gasteiger partial charge in [-0.05, 0) is 18.6 Å². The summed E-state index contributed by atoms with van der Waals surface area (Å²) in [5.74, 6) is 0.145. The van der Waals surface area contributed by atoms with Gasteiger partial charge in [-0.3, -0.25) is 9.78 Å². The molecule has 0 spiro atoms. The molecule has 0 saturated heterocycles. The molecule has 2 nitrogen and oxygen atoms in total. The van der Waals surface area contributed by atoms with Crippen LogP contribution in [0.3, 0.4) is 0 Å². The molecular formula is C10H13NO. The van der Waals surface area contributed by atoms with Gasteiger partial charge in [0.05, 0.1) is 0 Å². The molecule has 0 bridgehead atoms. The largest absolute Gasteiger partial charge is 0.292 e. The van der Waals surface area contributed by atoms with Crippen molar-refractivity contribution in [2.24, 2.45) is 5.92 Å². The average molecular weight is 163 g/mol. The molecule has 0 unspecified atom stereocenters. The number of aryl methyl sites for hydroxylation is 1. The number of ketones is 1. The zero-order valence-electron chi connectivity index (χ0n) is 7.66. The minimum atomic E-state index is 0.0265. The Balaban J connectivity index is 3.03. The van der Waals surface area contributed by atoms with E-state index in [9.17, 15) is 4.79 Å². The summed E-state index contributed by atoms with van der Waals surface area (Å²) in [4.78, 5) is 15.6. The van der Waals surface area contributed by atoms with E-state index in [-0.39, 0.29) is 11.7 Å². The number of nitrogens with zero attached hydrogens (tertiary/aromatic N) is 1. The molecule has 0 amide bonds. The Kier molecular flexibility index (Phi) is 2.58. The number of hydrogen-bond acceptors (Lipinski definition) is 2. The minimum Gasteiger partial charge on any atom is -0.292 e. The molecule has 1 aromatic rings. The number of hydrogen-bond donors (Lipinski definition) is 0. The van der Waals surface area contributed by atoms with Crippen LogP contribution in [0.1, 0.15) is 29.9 Å². The third kappa shape index (κ3) is 1.70. The fraction of sp³-hybridized carbons (Fsp3) is 0.400. The maximum absolute atomic E-state index is 11.5. The molecule has 0 aliphatic heterocycles. The van der Waals surface area contributed by atoms with Crippen molar-refractivity contribution >= 4 is 5.78 Å². The lowest BCUT2D eigenvalue weighted by molar-refractivity contribution is 0.0933. The molecule has 0 atom stereocenters. The van der Waals surface area contributed by atoms with Gasteiger partial charge in [0.15, 0.2) is 5.78 Å². The Bertz CT molecular complexity index is 292. The zero-order chi connectivity index (χ0) is 9.14. The Morgan fingerprint density at radius 2 is 2.17 bits per heavy atom. The number of Topliss-reactive ketones (excluding diaryl/α,β-unsaturated/α-hetero) is 1. The van der Waals surface area contributed by atoms with Crippen molar-refractivity contribution in [3.05, 3.63) is 29.6 Å². The van der Waals surface area contributed by atoms with Gasteiger partial charge in [0, 0.05) is 12.1 Å². The van der Waals surface area contributed by atoms with Crippen molar-refractivity contribution < 1.29 is 4.79 Å². The van der Waals surface area contributed by atoms with Gasteiger partial charge >= 0.3 is 0 Å². The number of carbonyl (C=O) groups excluding carboxylic acids is 1.